The highest BCUT2D eigenvalue weighted by atomic mass is 31.2. The largest absolute Gasteiger partial charge is 0.472 e. The summed E-state index contributed by atoms with van der Waals surface area (Å²) in [6, 6.07) is -0.853. The maximum atomic E-state index is 13.5. The van der Waals surface area contributed by atoms with E-state index < -0.39 is 20.0 Å². The summed E-state index contributed by atoms with van der Waals surface area (Å²) in [5.74, 6) is -0.515. The molecule has 0 aliphatic rings. The van der Waals surface area contributed by atoms with E-state index in [2.05, 4.69) is 74.7 Å². The number of phosphoric acid groups is 1. The number of nitrogens with one attached hydrogen (secondary N) is 1. The molecule has 2 N–H and O–H groups in total. The lowest BCUT2D eigenvalue weighted by atomic mass is 10.0. The maximum absolute atomic E-state index is 13.5. The van der Waals surface area contributed by atoms with E-state index in [0.717, 1.165) is 96.3 Å². The van der Waals surface area contributed by atoms with Crippen LogP contribution in [-0.2, 0) is 27.9 Å². The Kier molecular flexibility index (Phi) is 51.5. The highest BCUT2D eigenvalue weighted by Gasteiger charge is 2.30. The molecule has 0 fully saturated rings. The number of esters is 1. The lowest BCUT2D eigenvalue weighted by molar-refractivity contribution is -0.870. The molecule has 0 aromatic rings. The van der Waals surface area contributed by atoms with Crippen LogP contribution < -0.4 is 5.32 Å². The molecule has 1 amide bonds. The van der Waals surface area contributed by atoms with Crippen LogP contribution in [-0.4, -0.2) is 74.3 Å². The lowest BCUT2D eigenvalue weighted by Crippen LogP contribution is -2.47. The van der Waals surface area contributed by atoms with Gasteiger partial charge in [0.25, 0.3) is 0 Å². The van der Waals surface area contributed by atoms with E-state index in [-0.39, 0.29) is 31.5 Å². The van der Waals surface area contributed by atoms with Gasteiger partial charge in [-0.3, -0.25) is 18.6 Å². The van der Waals surface area contributed by atoms with Gasteiger partial charge in [0.2, 0.25) is 5.91 Å². The summed E-state index contributed by atoms with van der Waals surface area (Å²) < 4.78 is 30.6. The highest BCUT2D eigenvalue weighted by molar-refractivity contribution is 7.47. The van der Waals surface area contributed by atoms with Gasteiger partial charge in [0.15, 0.2) is 0 Å². The van der Waals surface area contributed by atoms with Gasteiger partial charge in [-0.2, -0.15) is 0 Å². The number of ether oxygens (including phenoxy) is 1. The summed E-state index contributed by atoms with van der Waals surface area (Å²) in [5.41, 5.74) is 0. The Morgan fingerprint density at radius 2 is 0.836 bits per heavy atom. The quantitative estimate of drug-likeness (QED) is 0.0205. The molecule has 0 aromatic carbocycles. The molecule has 0 spiro atoms. The van der Waals surface area contributed by atoms with E-state index in [1.807, 2.05) is 33.3 Å². The molecule has 0 saturated heterocycles. The molecule has 0 aliphatic carbocycles. The van der Waals surface area contributed by atoms with Crippen molar-refractivity contribution < 1.29 is 37.3 Å². The molecule has 3 atom stereocenters. The number of hydrogen-bond acceptors (Lipinski definition) is 6. The number of carbonyl (C=O) groups is 2. The van der Waals surface area contributed by atoms with Gasteiger partial charge in [0.05, 0.1) is 33.8 Å². The van der Waals surface area contributed by atoms with Crippen molar-refractivity contribution in [3.8, 4) is 0 Å². The number of hydrogen-bond donors (Lipinski definition) is 2. The number of carbonyl (C=O) groups excluding carboxylic acids is 2. The standard InChI is InChI=1S/C63H117N2O7P/c1-7-10-13-16-19-22-25-27-29-30-31-32-33-34-36-38-41-44-47-50-53-56-63(67)72-61(54-51-48-45-42-39-24-21-18-15-12-9-3)60(59-71-73(68,69)70-58-57-65(4,5)6)64-62(66)55-52-49-46-43-40-37-35-28-26-23-20-17-14-11-8-2/h19,22-23,26-27,29,31-32,51,54,60-61H,7-18,20-21,24-25,28,30,33-50,52-53,55-59H2,1-6H3,(H-,64,66,68,69)/p+1/b22-19-,26-23-,29-27-,32-31-,54-51-. The zero-order chi connectivity index (χ0) is 53.6. The summed E-state index contributed by atoms with van der Waals surface area (Å²) in [4.78, 5) is 37.6. The van der Waals surface area contributed by atoms with Crippen LogP contribution in [0.2, 0.25) is 0 Å². The molecule has 0 heterocycles. The Morgan fingerprint density at radius 1 is 0.479 bits per heavy atom. The topological polar surface area (TPSA) is 111 Å². The number of phosphoric ester groups is 1. The van der Waals surface area contributed by atoms with Gasteiger partial charge in [-0.15, -0.1) is 0 Å². The first-order chi connectivity index (χ1) is 35.4. The molecule has 0 radical (unpaired) electrons. The van der Waals surface area contributed by atoms with Crippen LogP contribution in [0, 0.1) is 0 Å². The number of rotatable bonds is 55. The molecule has 3 unspecified atom stereocenters. The van der Waals surface area contributed by atoms with E-state index in [4.69, 9.17) is 13.8 Å². The summed E-state index contributed by atoms with van der Waals surface area (Å²) in [6.45, 7) is 6.97. The summed E-state index contributed by atoms with van der Waals surface area (Å²) in [7, 11) is 1.49. The third kappa shape index (κ3) is 54.3. The van der Waals surface area contributed by atoms with Gasteiger partial charge < -0.3 is 19.4 Å². The molecule has 0 rings (SSSR count). The molecule has 0 aliphatic heterocycles. The minimum Gasteiger partial charge on any atom is -0.456 e. The van der Waals surface area contributed by atoms with Crippen molar-refractivity contribution in [1.82, 2.24) is 5.32 Å². The average Bonchev–Trinajstić information content (AvgIpc) is 3.35. The number of amides is 1. The monoisotopic (exact) mass is 1050 g/mol. The Morgan fingerprint density at radius 3 is 1.30 bits per heavy atom. The zero-order valence-corrected chi connectivity index (χ0v) is 49.5. The highest BCUT2D eigenvalue weighted by Crippen LogP contribution is 2.43. The third-order valence-corrected chi connectivity index (χ3v) is 14.4. The molecule has 0 saturated carbocycles. The van der Waals surface area contributed by atoms with Crippen molar-refractivity contribution in [2.75, 3.05) is 40.9 Å². The molecule has 0 bridgehead atoms. The predicted octanol–water partition coefficient (Wildman–Crippen LogP) is 18.7. The molecular formula is C63H118N2O7P+. The second-order valence-corrected chi connectivity index (χ2v) is 23.3. The molecule has 426 valence electrons. The molecule has 73 heavy (non-hydrogen) atoms. The zero-order valence-electron chi connectivity index (χ0n) is 48.6. The van der Waals surface area contributed by atoms with Crippen molar-refractivity contribution in [3.63, 3.8) is 0 Å². The average molecular weight is 1050 g/mol. The van der Waals surface area contributed by atoms with Gasteiger partial charge in [-0.25, -0.2) is 4.57 Å². The van der Waals surface area contributed by atoms with Crippen LogP contribution in [0.4, 0.5) is 0 Å². The van der Waals surface area contributed by atoms with Gasteiger partial charge in [-0.1, -0.05) is 230 Å². The predicted molar refractivity (Wildman–Crippen MR) is 314 cm³/mol. The number of likely N-dealkylation sites (N-methyl/N-ethyl adjacent to an activating group) is 1. The first-order valence-corrected chi connectivity index (χ1v) is 32.1. The SMILES string of the molecule is CCCCC/C=C\C/C=C\C/C=C\CCCCCCCCCCC(=O)OC(/C=C\CCCCCCCCCCC)C(COP(=O)(O)OCC[N+](C)(C)C)NC(=O)CCCCCCCCC/C=C\CCCCCC. The van der Waals surface area contributed by atoms with Crippen molar-refractivity contribution in [2.45, 2.75) is 290 Å². The first-order valence-electron chi connectivity index (χ1n) is 30.6. The fourth-order valence-electron chi connectivity index (χ4n) is 8.65. The minimum absolute atomic E-state index is 0.0371. The van der Waals surface area contributed by atoms with Crippen LogP contribution in [0.5, 0.6) is 0 Å². The summed E-state index contributed by atoms with van der Waals surface area (Å²) in [5, 5.41) is 3.05. The van der Waals surface area contributed by atoms with E-state index >= 15 is 0 Å². The second-order valence-electron chi connectivity index (χ2n) is 21.9. The number of allylic oxidation sites excluding steroid dienone is 9. The van der Waals surface area contributed by atoms with Gasteiger partial charge in [-0.05, 0) is 96.0 Å². The third-order valence-electron chi connectivity index (χ3n) is 13.4. The smallest absolute Gasteiger partial charge is 0.456 e. The Balaban J connectivity index is 5.23. The summed E-state index contributed by atoms with van der Waals surface area (Å²) >= 11 is 0. The second kappa shape index (κ2) is 53.1. The van der Waals surface area contributed by atoms with Crippen molar-refractivity contribution in [1.29, 1.82) is 0 Å². The maximum Gasteiger partial charge on any atom is 0.472 e. The molecule has 0 aromatic heterocycles. The van der Waals surface area contributed by atoms with Gasteiger partial charge in [0.1, 0.15) is 19.3 Å². The van der Waals surface area contributed by atoms with Crippen molar-refractivity contribution >= 4 is 19.7 Å². The van der Waals surface area contributed by atoms with Gasteiger partial charge >= 0.3 is 13.8 Å². The van der Waals surface area contributed by atoms with Crippen molar-refractivity contribution in [2.24, 2.45) is 0 Å². The molecule has 9 nitrogen and oxygen atoms in total. The summed E-state index contributed by atoms with van der Waals surface area (Å²) in [6.07, 6.45) is 66.4. The molecular weight excluding hydrogens is 928 g/mol. The number of unbranched alkanes of at least 4 members (excludes halogenated alkanes) is 31. The van der Waals surface area contributed by atoms with Crippen LogP contribution in [0.1, 0.15) is 278 Å². The van der Waals surface area contributed by atoms with E-state index in [0.29, 0.717) is 17.4 Å². The lowest BCUT2D eigenvalue weighted by Gasteiger charge is -2.27. The van der Waals surface area contributed by atoms with Crippen LogP contribution in [0.15, 0.2) is 60.8 Å². The van der Waals surface area contributed by atoms with E-state index in [1.165, 1.54) is 148 Å². The first kappa shape index (κ1) is 70.7. The van der Waals surface area contributed by atoms with E-state index in [9.17, 15) is 19.0 Å². The Bertz CT molecular complexity index is 1440. The van der Waals surface area contributed by atoms with Crippen LogP contribution in [0.25, 0.3) is 0 Å². The van der Waals surface area contributed by atoms with Crippen molar-refractivity contribution in [3.05, 3.63) is 60.8 Å². The fourth-order valence-corrected chi connectivity index (χ4v) is 9.38. The normalized spacial score (nSPS) is 14.1. The molecule has 10 heteroatoms. The number of quaternary nitrogens is 1. The number of nitrogens with zero attached hydrogens (tertiary/aromatic N) is 1. The van der Waals surface area contributed by atoms with E-state index in [1.54, 1.807) is 0 Å². The van der Waals surface area contributed by atoms with Crippen LogP contribution >= 0.6 is 7.82 Å². The van der Waals surface area contributed by atoms with Gasteiger partial charge in [0, 0.05) is 12.8 Å². The fraction of sp³-hybridized carbons (Fsp3) is 0.810. The minimum atomic E-state index is -4.45. The Hall–Kier alpha value is -2.29. The van der Waals surface area contributed by atoms with Crippen LogP contribution in [0.3, 0.4) is 0 Å². The Labute approximate surface area is 451 Å².